The highest BCUT2D eigenvalue weighted by atomic mass is 35.5. The molecule has 0 aliphatic rings. The Labute approximate surface area is 156 Å². The fourth-order valence-electron chi connectivity index (χ4n) is 2.80. The van der Waals surface area contributed by atoms with Gasteiger partial charge in [-0.3, -0.25) is 9.20 Å². The molecule has 0 atom stereocenters. The summed E-state index contributed by atoms with van der Waals surface area (Å²) in [6.45, 7) is 4.12. The molecule has 0 aliphatic heterocycles. The molecular formula is C19H20ClN3OS. The average Bonchev–Trinajstić information content (AvgIpc) is 3.04. The molecular weight excluding hydrogens is 354 g/mol. The van der Waals surface area contributed by atoms with Gasteiger partial charge in [0.1, 0.15) is 0 Å². The van der Waals surface area contributed by atoms with Crippen LogP contribution in [-0.4, -0.2) is 21.0 Å². The first kappa shape index (κ1) is 17.8. The van der Waals surface area contributed by atoms with Gasteiger partial charge in [0.05, 0.1) is 17.5 Å². The summed E-state index contributed by atoms with van der Waals surface area (Å²) in [4.78, 5) is 16.9. The molecule has 2 heterocycles. The average molecular weight is 374 g/mol. The van der Waals surface area contributed by atoms with Gasteiger partial charge in [0.15, 0.2) is 5.16 Å². The van der Waals surface area contributed by atoms with E-state index in [0.717, 1.165) is 40.3 Å². The zero-order chi connectivity index (χ0) is 17.8. The normalized spacial score (nSPS) is 11.0. The summed E-state index contributed by atoms with van der Waals surface area (Å²) in [5.41, 5.74) is 3.97. The fraction of sp³-hybridized carbons (Fsp3) is 0.263. The third-order valence-corrected chi connectivity index (χ3v) is 5.40. The maximum absolute atomic E-state index is 12.5. The van der Waals surface area contributed by atoms with Gasteiger partial charge < -0.3 is 5.32 Å². The van der Waals surface area contributed by atoms with Gasteiger partial charge in [0.2, 0.25) is 5.91 Å². The number of anilines is 1. The highest BCUT2D eigenvalue weighted by Gasteiger charge is 2.14. The molecule has 0 saturated carbocycles. The van der Waals surface area contributed by atoms with Crippen LogP contribution in [0.25, 0.3) is 5.52 Å². The first-order valence-corrected chi connectivity index (χ1v) is 9.65. The number of pyridine rings is 1. The van der Waals surface area contributed by atoms with Gasteiger partial charge >= 0.3 is 0 Å². The van der Waals surface area contributed by atoms with Crippen LogP contribution in [0, 0.1) is 0 Å². The summed E-state index contributed by atoms with van der Waals surface area (Å²) in [5.74, 6) is 0.247. The fourth-order valence-corrected chi connectivity index (χ4v) is 3.85. The quantitative estimate of drug-likeness (QED) is 0.628. The predicted octanol–water partition coefficient (Wildman–Crippen LogP) is 4.84. The van der Waals surface area contributed by atoms with Crippen LogP contribution in [0.15, 0.2) is 47.9 Å². The first-order chi connectivity index (χ1) is 12.1. The molecule has 25 heavy (non-hydrogen) atoms. The molecule has 1 aromatic carbocycles. The van der Waals surface area contributed by atoms with E-state index < -0.39 is 0 Å². The minimum atomic E-state index is -0.0515. The summed E-state index contributed by atoms with van der Waals surface area (Å²) in [6, 6.07) is 9.79. The maximum Gasteiger partial charge on any atom is 0.234 e. The van der Waals surface area contributed by atoms with Gasteiger partial charge in [-0.05, 0) is 42.2 Å². The van der Waals surface area contributed by atoms with Crippen molar-refractivity contribution >= 4 is 40.5 Å². The molecule has 1 amide bonds. The largest absolute Gasteiger partial charge is 0.325 e. The van der Waals surface area contributed by atoms with E-state index in [0.29, 0.717) is 10.8 Å². The molecule has 0 spiro atoms. The van der Waals surface area contributed by atoms with Crippen molar-refractivity contribution in [3.05, 3.63) is 58.9 Å². The lowest BCUT2D eigenvalue weighted by molar-refractivity contribution is -0.113. The standard InChI is InChI=1S/C19H20ClN3OS/c1-3-13-8-9-16(20)15(4-2)18(13)22-17(24)12-25-19-21-11-14-7-5-6-10-23(14)19/h5-11H,3-4,12H2,1-2H3,(H,22,24). The van der Waals surface area contributed by atoms with Crippen molar-refractivity contribution in [2.45, 2.75) is 31.8 Å². The number of carbonyl (C=O) groups excluding carboxylic acids is 1. The number of nitrogens with zero attached hydrogens (tertiary/aromatic N) is 2. The minimum absolute atomic E-state index is 0.0515. The number of hydrogen-bond acceptors (Lipinski definition) is 3. The second-order valence-corrected chi connectivity index (χ2v) is 6.99. The van der Waals surface area contributed by atoms with Gasteiger partial charge in [0.25, 0.3) is 0 Å². The van der Waals surface area contributed by atoms with E-state index in [4.69, 9.17) is 11.6 Å². The van der Waals surface area contributed by atoms with Crippen LogP contribution in [0.1, 0.15) is 25.0 Å². The zero-order valence-electron chi connectivity index (χ0n) is 14.3. The minimum Gasteiger partial charge on any atom is -0.325 e. The summed E-state index contributed by atoms with van der Waals surface area (Å²) >= 11 is 7.72. The molecule has 0 fully saturated rings. The lowest BCUT2D eigenvalue weighted by Gasteiger charge is -2.15. The van der Waals surface area contributed by atoms with Gasteiger partial charge in [-0.2, -0.15) is 0 Å². The molecule has 0 saturated heterocycles. The van der Waals surface area contributed by atoms with E-state index in [1.54, 1.807) is 0 Å². The number of carbonyl (C=O) groups is 1. The van der Waals surface area contributed by atoms with Gasteiger partial charge in [-0.15, -0.1) is 0 Å². The van der Waals surface area contributed by atoms with E-state index in [9.17, 15) is 4.79 Å². The lowest BCUT2D eigenvalue weighted by atomic mass is 10.0. The topological polar surface area (TPSA) is 46.4 Å². The van der Waals surface area contributed by atoms with E-state index in [1.165, 1.54) is 11.8 Å². The molecule has 3 aromatic rings. The molecule has 130 valence electrons. The van der Waals surface area contributed by atoms with Gasteiger partial charge in [-0.25, -0.2) is 4.98 Å². The number of benzene rings is 1. The Hall–Kier alpha value is -1.98. The van der Waals surface area contributed by atoms with E-state index >= 15 is 0 Å². The molecule has 3 rings (SSSR count). The number of hydrogen-bond donors (Lipinski definition) is 1. The first-order valence-electron chi connectivity index (χ1n) is 8.29. The molecule has 4 nitrogen and oxygen atoms in total. The Morgan fingerprint density at radius 3 is 2.84 bits per heavy atom. The third kappa shape index (κ3) is 3.83. The second-order valence-electron chi connectivity index (χ2n) is 5.64. The third-order valence-electron chi connectivity index (χ3n) is 4.08. The monoisotopic (exact) mass is 373 g/mol. The lowest BCUT2D eigenvalue weighted by Crippen LogP contribution is -2.17. The van der Waals surface area contributed by atoms with Gasteiger partial charge in [0, 0.05) is 16.9 Å². The van der Waals surface area contributed by atoms with Crippen molar-refractivity contribution in [2.24, 2.45) is 0 Å². The number of nitrogens with one attached hydrogen (secondary N) is 1. The van der Waals surface area contributed by atoms with Crippen LogP contribution in [0.2, 0.25) is 5.02 Å². The van der Waals surface area contributed by atoms with Crippen LogP contribution < -0.4 is 5.32 Å². The van der Waals surface area contributed by atoms with Crippen LogP contribution in [0.3, 0.4) is 0 Å². The summed E-state index contributed by atoms with van der Waals surface area (Å²) in [6.07, 6.45) is 5.38. The number of aryl methyl sites for hydroxylation is 1. The highest BCUT2D eigenvalue weighted by molar-refractivity contribution is 7.99. The van der Waals surface area contributed by atoms with E-state index in [2.05, 4.69) is 17.2 Å². The number of aromatic nitrogens is 2. The Balaban J connectivity index is 1.74. The van der Waals surface area contributed by atoms with Crippen LogP contribution in [-0.2, 0) is 17.6 Å². The van der Waals surface area contributed by atoms with Crippen molar-refractivity contribution in [1.82, 2.24) is 9.38 Å². The summed E-state index contributed by atoms with van der Waals surface area (Å²) < 4.78 is 1.98. The summed E-state index contributed by atoms with van der Waals surface area (Å²) in [7, 11) is 0. The molecule has 1 N–H and O–H groups in total. The van der Waals surface area contributed by atoms with Crippen molar-refractivity contribution < 1.29 is 4.79 Å². The second kappa shape index (κ2) is 7.93. The van der Waals surface area contributed by atoms with Crippen molar-refractivity contribution in [3.63, 3.8) is 0 Å². The number of thioether (sulfide) groups is 1. The molecule has 6 heteroatoms. The van der Waals surface area contributed by atoms with E-state index in [1.807, 2.05) is 54.0 Å². The smallest absolute Gasteiger partial charge is 0.234 e. The molecule has 0 radical (unpaired) electrons. The van der Waals surface area contributed by atoms with Crippen molar-refractivity contribution in [3.8, 4) is 0 Å². The Bertz CT molecular complexity index is 907. The number of amides is 1. The van der Waals surface area contributed by atoms with E-state index in [-0.39, 0.29) is 5.91 Å². The Morgan fingerprint density at radius 1 is 1.24 bits per heavy atom. The number of fused-ring (bicyclic) bond motifs is 1. The van der Waals surface area contributed by atoms with Gasteiger partial charge in [-0.1, -0.05) is 49.3 Å². The maximum atomic E-state index is 12.5. The molecule has 0 aliphatic carbocycles. The highest BCUT2D eigenvalue weighted by Crippen LogP contribution is 2.30. The number of halogens is 1. The number of imidazole rings is 1. The summed E-state index contributed by atoms with van der Waals surface area (Å²) in [5, 5.41) is 4.56. The molecule has 0 bridgehead atoms. The Kier molecular flexibility index (Phi) is 5.66. The SMILES string of the molecule is CCc1ccc(Cl)c(CC)c1NC(=O)CSc1ncc2ccccn12. The molecule has 0 unspecified atom stereocenters. The molecule has 2 aromatic heterocycles. The van der Waals surface area contributed by atoms with Crippen molar-refractivity contribution in [2.75, 3.05) is 11.1 Å². The van der Waals surface area contributed by atoms with Crippen molar-refractivity contribution in [1.29, 1.82) is 0 Å². The number of rotatable bonds is 6. The predicted molar refractivity (Wildman–Crippen MR) is 105 cm³/mol. The Morgan fingerprint density at radius 2 is 2.08 bits per heavy atom. The van der Waals surface area contributed by atoms with Crippen LogP contribution >= 0.6 is 23.4 Å². The van der Waals surface area contributed by atoms with Crippen LogP contribution in [0.5, 0.6) is 0 Å². The zero-order valence-corrected chi connectivity index (χ0v) is 15.8. The van der Waals surface area contributed by atoms with Crippen LogP contribution in [0.4, 0.5) is 5.69 Å².